The first-order chi connectivity index (χ1) is 53.3. The summed E-state index contributed by atoms with van der Waals surface area (Å²) in [5, 5.41) is 1.71. The molecule has 2 aliphatic rings. The monoisotopic (exact) mass is 1110 g/mol. The molecule has 4 heterocycles. The van der Waals surface area contributed by atoms with Gasteiger partial charge in [-0.1, -0.05) is 190 Å². The third-order valence-electron chi connectivity index (χ3n) is 15.5. The van der Waals surface area contributed by atoms with Gasteiger partial charge in [0.2, 0.25) is 0 Å². The second-order valence-electron chi connectivity index (χ2n) is 23.1. The molecule has 83 heavy (non-hydrogen) atoms. The topological polar surface area (TPSA) is 35.9 Å². The van der Waals surface area contributed by atoms with Crippen molar-refractivity contribution in [1.29, 1.82) is 0 Å². The number of nitrogens with zero attached hydrogens (tertiary/aromatic N) is 4. The lowest BCUT2D eigenvalue weighted by Crippen LogP contribution is -2.35. The fourth-order valence-corrected chi connectivity index (χ4v) is 11.5. The van der Waals surface area contributed by atoms with Crippen molar-refractivity contribution in [2.75, 3.05) is 0 Å². The van der Waals surface area contributed by atoms with Crippen molar-refractivity contribution in [3.63, 3.8) is 0 Å². The van der Waals surface area contributed by atoms with E-state index >= 15 is 0 Å². The van der Waals surface area contributed by atoms with Crippen LogP contribution < -0.4 is 9.30 Å². The van der Waals surface area contributed by atoms with Crippen LogP contribution in [0.3, 0.4) is 0 Å². The van der Waals surface area contributed by atoms with E-state index in [9.17, 15) is 20.6 Å². The number of fused-ring (bicyclic) bond motifs is 11. The highest BCUT2D eigenvalue weighted by molar-refractivity contribution is 6.09. The zero-order valence-corrected chi connectivity index (χ0v) is 45.8. The van der Waals surface area contributed by atoms with Crippen LogP contribution in [0.2, 0.25) is 0 Å². The van der Waals surface area contributed by atoms with Crippen LogP contribution >= 0.6 is 0 Å². The molecular formula is C78H72N4O. The van der Waals surface area contributed by atoms with Crippen molar-refractivity contribution in [1.82, 2.24) is 14.1 Å². The number of imidazole rings is 1. The Morgan fingerprint density at radius 2 is 1.24 bits per heavy atom. The summed E-state index contributed by atoms with van der Waals surface area (Å²) in [6, 6.07) is 19.5. The standard InChI is InChI=1S/C78H72N4O/c1-48-21-19-22-49(2)72(48)52-40-63-59-27-15-13-25-57(59)58-26-14-16-28-60(58)64-39-51(50-31-34-65-66(41-50)78(11,12)37-36-77(65,9)10)43-70-74(64)81(73(63)67(42-52)76(6,7)8)47-80(70)54-23-20-24-55(45-54)83-56-32-33-62-61-29-17-18-30-68(61)82(69(62)46-56)71-44-53(35-38-79-71)75(3,4)5/h13-35,38-46H,36-37H2,1-12H3/i1D3,2D3,9D3,10D3,11D3,12D3,13D,14D,15D,16D,25D,26D,27D,28D,31D,34D,36D2,37D2,41D. The zero-order valence-electron chi connectivity index (χ0n) is 78.8. The summed E-state index contributed by atoms with van der Waals surface area (Å²) in [7, 11) is 0. The van der Waals surface area contributed by atoms with Gasteiger partial charge < -0.3 is 4.74 Å². The number of pyridine rings is 1. The molecule has 0 radical (unpaired) electrons. The predicted octanol–water partition coefficient (Wildman–Crippen LogP) is 20.2. The van der Waals surface area contributed by atoms with Gasteiger partial charge in [-0.25, -0.2) is 4.98 Å². The third-order valence-corrected chi connectivity index (χ3v) is 15.5. The summed E-state index contributed by atoms with van der Waals surface area (Å²) in [6.45, 7) is -12.6. The fraction of sp³-hybridized carbons (Fsp3) is 0.231. The van der Waals surface area contributed by atoms with E-state index < -0.39 is 198 Å². The van der Waals surface area contributed by atoms with Gasteiger partial charge in [-0.2, -0.15) is 0 Å². The van der Waals surface area contributed by atoms with Crippen molar-refractivity contribution >= 4 is 32.8 Å². The molecular weight excluding hydrogens is 1010 g/mol. The molecule has 12 aromatic rings. The minimum atomic E-state index is -4.75. The van der Waals surface area contributed by atoms with Crippen molar-refractivity contribution in [3.8, 4) is 84.3 Å². The molecule has 0 spiro atoms. The first kappa shape index (κ1) is 27.5. The second kappa shape index (κ2) is 18.9. The van der Waals surface area contributed by atoms with Crippen LogP contribution in [0.15, 0.2) is 194 Å². The molecule has 5 nitrogen and oxygen atoms in total. The molecule has 1 aliphatic carbocycles. The van der Waals surface area contributed by atoms with Crippen LogP contribution in [-0.2, 0) is 21.7 Å². The van der Waals surface area contributed by atoms with Crippen molar-refractivity contribution < 1.29 is 54.5 Å². The highest BCUT2D eigenvalue weighted by Gasteiger charge is 2.38. The van der Waals surface area contributed by atoms with E-state index in [1.165, 1.54) is 51.6 Å². The lowest BCUT2D eigenvalue weighted by Gasteiger charge is -2.42. The summed E-state index contributed by atoms with van der Waals surface area (Å²) >= 11 is 0. The normalized spacial score (nSPS) is 22.3. The number of ether oxygens (including phenoxy) is 1. The predicted molar refractivity (Wildman–Crippen MR) is 345 cm³/mol. The lowest BCUT2D eigenvalue weighted by atomic mass is 9.63. The molecule has 410 valence electrons. The molecule has 5 heteroatoms. The molecule has 0 saturated heterocycles. The summed E-state index contributed by atoms with van der Waals surface area (Å²) in [6.07, 6.45) is -4.34. The Morgan fingerprint density at radius 1 is 0.578 bits per heavy atom. The molecule has 0 saturated carbocycles. The van der Waals surface area contributed by atoms with Gasteiger partial charge in [0, 0.05) is 53.2 Å². The molecule has 0 atom stereocenters. The number of rotatable bonds is 6. The van der Waals surface area contributed by atoms with Crippen LogP contribution in [0.4, 0.5) is 0 Å². The van der Waals surface area contributed by atoms with Crippen LogP contribution in [0.25, 0.3) is 106 Å². The number of hydrogen-bond donors (Lipinski definition) is 0. The summed E-state index contributed by atoms with van der Waals surface area (Å²) in [4.78, 5) is 4.82. The van der Waals surface area contributed by atoms with E-state index in [2.05, 4.69) is 27.1 Å². The van der Waals surface area contributed by atoms with E-state index in [0.717, 1.165) is 34.0 Å². The summed E-state index contributed by atoms with van der Waals surface area (Å²) in [5.41, 5.74) is -18.7. The smallest absolute Gasteiger partial charge is 0.269 e. The van der Waals surface area contributed by atoms with Crippen molar-refractivity contribution in [2.24, 2.45) is 0 Å². The number of hydrogen-bond acceptors (Lipinski definition) is 2. The Hall–Kier alpha value is -8.80. The van der Waals surface area contributed by atoms with Crippen LogP contribution in [0.1, 0.15) is 160 Å². The second-order valence-corrected chi connectivity index (χ2v) is 23.1. The maximum absolute atomic E-state index is 10.5. The molecule has 0 bridgehead atoms. The molecule has 9 aromatic carbocycles. The molecule has 0 unspecified atom stereocenters. The van der Waals surface area contributed by atoms with Gasteiger partial charge in [0.15, 0.2) is 0 Å². The van der Waals surface area contributed by atoms with Gasteiger partial charge in [0.1, 0.15) is 17.3 Å². The van der Waals surface area contributed by atoms with Gasteiger partial charge in [0.25, 0.3) is 6.33 Å². The Morgan fingerprint density at radius 3 is 1.95 bits per heavy atom. The Labute approximate surface area is 535 Å². The highest BCUT2D eigenvalue weighted by Crippen LogP contribution is 2.50. The maximum Gasteiger partial charge on any atom is 0.269 e. The molecule has 3 aromatic heterocycles. The van der Waals surface area contributed by atoms with Gasteiger partial charge in [0.05, 0.1) is 48.5 Å². The Bertz CT molecular complexity index is 6150. The minimum Gasteiger partial charge on any atom is -0.458 e. The molecule has 0 fully saturated rings. The van der Waals surface area contributed by atoms with Gasteiger partial charge in [-0.3, -0.25) is 13.7 Å². The first-order valence-corrected chi connectivity index (χ1v) is 26.8. The maximum atomic E-state index is 10.5. The highest BCUT2D eigenvalue weighted by atomic mass is 16.5. The van der Waals surface area contributed by atoms with E-state index in [-0.39, 0.29) is 61.6 Å². The van der Waals surface area contributed by atoms with Crippen LogP contribution in [0.5, 0.6) is 11.5 Å². The van der Waals surface area contributed by atoms with Crippen LogP contribution in [-0.4, -0.2) is 14.1 Å². The minimum absolute atomic E-state index is 0.0508. The molecule has 14 rings (SSSR count). The van der Waals surface area contributed by atoms with E-state index in [4.69, 9.17) is 34.4 Å². The third kappa shape index (κ3) is 8.64. The average Bonchev–Trinajstić information content (AvgIpc) is 0.669. The number of aryl methyl sites for hydroxylation is 2. The summed E-state index contributed by atoms with van der Waals surface area (Å²) < 4.78 is 321. The zero-order chi connectivity index (χ0) is 85.6. The molecule has 0 amide bonds. The van der Waals surface area contributed by atoms with Crippen molar-refractivity contribution in [2.45, 2.75) is 117 Å². The van der Waals surface area contributed by atoms with Gasteiger partial charge in [-0.05, 0) is 198 Å². The number of aromatic nitrogens is 4. The quantitative estimate of drug-likeness (QED) is 0.123. The van der Waals surface area contributed by atoms with Crippen molar-refractivity contribution in [3.05, 3.63) is 234 Å². The first-order valence-electron chi connectivity index (χ1n) is 43.3. The van der Waals surface area contributed by atoms with Gasteiger partial charge in [-0.15, -0.1) is 0 Å². The Balaban J connectivity index is 1.20. The SMILES string of the molecule is [2H]c1c([2H])c([2H])c2c(c1[2H])-c1cc(-c3c(C([2H])([2H])[2H])cccc3C([2H])([2H])[2H])cc(C(C)(C)C)c1-[n+]1[c-]n(-c3cccc(Oc4ccc5c6ccccc6n(-c6cc(C(C)(C)C)ccn6)c5c4)c3)c3cc(-c4c([2H])c([2H])c5c(c4[2H])C(C([2H])([2H])[2H])(C([2H])([2H])[2H])C([2H])([2H])C([2H])([2H])C5(C([2H])([2H])[2H])C([2H])([2H])[2H])cc(c31)-c1c([2H])c([2H])c([2H])c([2H])c1-2. The van der Waals surface area contributed by atoms with E-state index in [1.54, 1.807) is 51.2 Å². The number of para-hydroxylation sites is 1. The average molecular weight is 1110 g/mol. The lowest BCUT2D eigenvalue weighted by molar-refractivity contribution is -0.572. The number of benzene rings is 9. The molecule has 1 aliphatic heterocycles. The summed E-state index contributed by atoms with van der Waals surface area (Å²) in [5.74, 6) is 0.972. The Kier molecular flexibility index (Phi) is 6.26. The fourth-order valence-electron chi connectivity index (χ4n) is 11.5. The molecule has 0 N–H and O–H groups in total. The van der Waals surface area contributed by atoms with Gasteiger partial charge >= 0.3 is 0 Å². The van der Waals surface area contributed by atoms with E-state index in [1.807, 2.05) is 47.0 Å². The van der Waals surface area contributed by atoms with Crippen LogP contribution in [0, 0.1) is 20.0 Å². The largest absolute Gasteiger partial charge is 0.458 e. The van der Waals surface area contributed by atoms with E-state index in [0.29, 0.717) is 11.3 Å².